The molecule has 0 aliphatic heterocycles. The summed E-state index contributed by atoms with van der Waals surface area (Å²) >= 11 is 5.87. The normalized spacial score (nSPS) is 12.2. The molecule has 0 saturated heterocycles. The van der Waals surface area contributed by atoms with E-state index in [1.54, 1.807) is 18.2 Å². The van der Waals surface area contributed by atoms with Crippen LogP contribution in [0, 0.1) is 11.6 Å². The molecule has 2 rings (SSSR count). The largest absolute Gasteiger partial charge is 0.293 e. The third-order valence-corrected chi connectivity index (χ3v) is 4.22. The lowest BCUT2D eigenvalue weighted by atomic mass is 10.1. The third kappa shape index (κ3) is 3.29. The van der Waals surface area contributed by atoms with Gasteiger partial charge in [0.15, 0.2) is 17.4 Å². The molecule has 0 bridgehead atoms. The molecule has 20 heavy (non-hydrogen) atoms. The SMILES string of the molecule is O=C(CS(=O)c1ccc(F)c(F)c1)c1ccccc1Cl. The van der Waals surface area contributed by atoms with Gasteiger partial charge in [0.25, 0.3) is 0 Å². The number of rotatable bonds is 4. The number of Topliss-reactive ketones (excluding diaryl/α,β-unsaturated/α-hetero) is 1. The average Bonchev–Trinajstić information content (AvgIpc) is 2.42. The maximum Gasteiger partial charge on any atom is 0.177 e. The van der Waals surface area contributed by atoms with Crippen LogP contribution >= 0.6 is 11.6 Å². The molecule has 2 aromatic rings. The summed E-state index contributed by atoms with van der Waals surface area (Å²) in [4.78, 5) is 12.0. The van der Waals surface area contributed by atoms with Crippen LogP contribution < -0.4 is 0 Å². The van der Waals surface area contributed by atoms with Crippen molar-refractivity contribution >= 4 is 28.2 Å². The Morgan fingerprint density at radius 3 is 2.45 bits per heavy atom. The molecule has 2 aromatic carbocycles. The Bertz CT molecular complexity index is 689. The fraction of sp³-hybridized carbons (Fsp3) is 0.0714. The van der Waals surface area contributed by atoms with Crippen molar-refractivity contribution in [2.75, 3.05) is 5.75 Å². The van der Waals surface area contributed by atoms with Gasteiger partial charge >= 0.3 is 0 Å². The van der Waals surface area contributed by atoms with Crippen molar-refractivity contribution < 1.29 is 17.8 Å². The molecule has 0 aliphatic carbocycles. The fourth-order valence-corrected chi connectivity index (χ4v) is 2.84. The Kier molecular flexibility index (Phi) is 4.62. The molecule has 0 aliphatic rings. The number of benzene rings is 2. The molecule has 104 valence electrons. The summed E-state index contributed by atoms with van der Waals surface area (Å²) in [7, 11) is -1.76. The zero-order valence-corrected chi connectivity index (χ0v) is 11.7. The van der Waals surface area contributed by atoms with Crippen LogP contribution in [0.5, 0.6) is 0 Å². The number of hydrogen-bond acceptors (Lipinski definition) is 2. The molecule has 0 fully saturated rings. The second-order valence-electron chi connectivity index (χ2n) is 3.97. The number of halogens is 3. The molecule has 0 aromatic heterocycles. The van der Waals surface area contributed by atoms with Gasteiger partial charge in [0, 0.05) is 10.5 Å². The zero-order chi connectivity index (χ0) is 14.7. The second-order valence-corrected chi connectivity index (χ2v) is 5.83. The van der Waals surface area contributed by atoms with Crippen molar-refractivity contribution in [1.29, 1.82) is 0 Å². The summed E-state index contributed by atoms with van der Waals surface area (Å²) in [5.74, 6) is -2.88. The first kappa shape index (κ1) is 14.8. The predicted molar refractivity (Wildman–Crippen MR) is 73.4 cm³/mol. The molecule has 0 spiro atoms. The lowest BCUT2D eigenvalue weighted by molar-refractivity contribution is 0.102. The molecule has 6 heteroatoms. The maximum atomic E-state index is 13.0. The molecule has 1 atom stereocenters. The summed E-state index contributed by atoms with van der Waals surface area (Å²) < 4.78 is 37.8. The first-order valence-electron chi connectivity index (χ1n) is 5.60. The lowest BCUT2D eigenvalue weighted by Gasteiger charge is -2.04. The van der Waals surface area contributed by atoms with Crippen LogP contribution in [-0.4, -0.2) is 15.7 Å². The van der Waals surface area contributed by atoms with Crippen LogP contribution in [0.2, 0.25) is 5.02 Å². The molecule has 0 heterocycles. The Hall–Kier alpha value is -1.59. The summed E-state index contributed by atoms with van der Waals surface area (Å²) in [6.07, 6.45) is 0. The molecule has 0 N–H and O–H groups in total. The van der Waals surface area contributed by atoms with Crippen molar-refractivity contribution in [1.82, 2.24) is 0 Å². The van der Waals surface area contributed by atoms with Gasteiger partial charge in [-0.25, -0.2) is 8.78 Å². The van der Waals surface area contributed by atoms with Gasteiger partial charge in [-0.05, 0) is 30.3 Å². The van der Waals surface area contributed by atoms with E-state index < -0.39 is 28.2 Å². The van der Waals surface area contributed by atoms with E-state index in [-0.39, 0.29) is 21.2 Å². The highest BCUT2D eigenvalue weighted by Crippen LogP contribution is 2.18. The van der Waals surface area contributed by atoms with E-state index in [4.69, 9.17) is 11.6 Å². The van der Waals surface area contributed by atoms with E-state index in [0.29, 0.717) is 0 Å². The van der Waals surface area contributed by atoms with Gasteiger partial charge in [0.2, 0.25) is 0 Å². The highest BCUT2D eigenvalue weighted by atomic mass is 35.5. The zero-order valence-electron chi connectivity index (χ0n) is 10.1. The van der Waals surface area contributed by atoms with Crippen LogP contribution in [0.25, 0.3) is 0 Å². The molecular weight excluding hydrogens is 306 g/mol. The highest BCUT2D eigenvalue weighted by Gasteiger charge is 2.16. The maximum absolute atomic E-state index is 13.0. The van der Waals surface area contributed by atoms with Gasteiger partial charge in [0.05, 0.1) is 21.6 Å². The Balaban J connectivity index is 2.17. The predicted octanol–water partition coefficient (Wildman–Crippen LogP) is 3.61. The molecular formula is C14H9ClF2O2S. The standard InChI is InChI=1S/C14H9ClF2O2S/c15-11-4-2-1-3-10(11)14(18)8-20(19)9-5-6-12(16)13(17)7-9/h1-7H,8H2. The minimum absolute atomic E-state index is 0.0595. The van der Waals surface area contributed by atoms with Gasteiger partial charge in [-0.3, -0.25) is 9.00 Å². The lowest BCUT2D eigenvalue weighted by Crippen LogP contribution is -2.12. The topological polar surface area (TPSA) is 34.1 Å². The van der Waals surface area contributed by atoms with E-state index >= 15 is 0 Å². The second kappa shape index (κ2) is 6.24. The number of carbonyl (C=O) groups is 1. The quantitative estimate of drug-likeness (QED) is 0.808. The van der Waals surface area contributed by atoms with Crippen molar-refractivity contribution in [2.45, 2.75) is 4.90 Å². The number of carbonyl (C=O) groups excluding carboxylic acids is 1. The number of ketones is 1. The van der Waals surface area contributed by atoms with Crippen molar-refractivity contribution in [2.24, 2.45) is 0 Å². The van der Waals surface area contributed by atoms with Gasteiger partial charge < -0.3 is 0 Å². The summed E-state index contributed by atoms with van der Waals surface area (Å²) in [6, 6.07) is 9.27. The van der Waals surface area contributed by atoms with Crippen LogP contribution in [0.4, 0.5) is 8.78 Å². The molecule has 1 unspecified atom stereocenters. The van der Waals surface area contributed by atoms with E-state index in [9.17, 15) is 17.8 Å². The first-order valence-corrected chi connectivity index (χ1v) is 7.30. The molecule has 2 nitrogen and oxygen atoms in total. The van der Waals surface area contributed by atoms with E-state index in [1.165, 1.54) is 12.1 Å². The van der Waals surface area contributed by atoms with Crippen LogP contribution in [0.1, 0.15) is 10.4 Å². The average molecular weight is 315 g/mol. The number of hydrogen-bond donors (Lipinski definition) is 0. The highest BCUT2D eigenvalue weighted by molar-refractivity contribution is 7.85. The Morgan fingerprint density at radius 1 is 1.10 bits per heavy atom. The van der Waals surface area contributed by atoms with E-state index in [0.717, 1.165) is 12.1 Å². The first-order chi connectivity index (χ1) is 9.49. The molecule has 0 amide bonds. The Labute approximate surface area is 121 Å². The van der Waals surface area contributed by atoms with Crippen LogP contribution in [0.15, 0.2) is 47.4 Å². The summed E-state index contributed by atoms with van der Waals surface area (Å²) in [5.41, 5.74) is 0.255. The van der Waals surface area contributed by atoms with Crippen molar-refractivity contribution in [3.05, 3.63) is 64.7 Å². The molecule has 0 saturated carbocycles. The molecule has 0 radical (unpaired) electrons. The van der Waals surface area contributed by atoms with E-state index in [1.807, 2.05) is 0 Å². The summed E-state index contributed by atoms with van der Waals surface area (Å²) in [5, 5.41) is 0.264. The minimum Gasteiger partial charge on any atom is -0.293 e. The minimum atomic E-state index is -1.76. The van der Waals surface area contributed by atoms with Crippen LogP contribution in [-0.2, 0) is 10.8 Å². The van der Waals surface area contributed by atoms with Gasteiger partial charge in [-0.1, -0.05) is 23.7 Å². The van der Waals surface area contributed by atoms with Crippen LogP contribution in [0.3, 0.4) is 0 Å². The van der Waals surface area contributed by atoms with Gasteiger partial charge in [-0.2, -0.15) is 0 Å². The van der Waals surface area contributed by atoms with Gasteiger partial charge in [0.1, 0.15) is 0 Å². The smallest absolute Gasteiger partial charge is 0.177 e. The van der Waals surface area contributed by atoms with Gasteiger partial charge in [-0.15, -0.1) is 0 Å². The van der Waals surface area contributed by atoms with Crippen molar-refractivity contribution in [3.63, 3.8) is 0 Å². The fourth-order valence-electron chi connectivity index (χ4n) is 1.59. The monoisotopic (exact) mass is 314 g/mol. The van der Waals surface area contributed by atoms with Crippen molar-refractivity contribution in [3.8, 4) is 0 Å². The summed E-state index contributed by atoms with van der Waals surface area (Å²) in [6.45, 7) is 0. The van der Waals surface area contributed by atoms with E-state index in [2.05, 4.69) is 0 Å². The third-order valence-electron chi connectivity index (χ3n) is 2.59. The Morgan fingerprint density at radius 2 is 1.80 bits per heavy atom.